The van der Waals surface area contributed by atoms with Gasteiger partial charge in [0.2, 0.25) is 0 Å². The predicted octanol–water partition coefficient (Wildman–Crippen LogP) is 4.11. The van der Waals surface area contributed by atoms with Crippen LogP contribution in [0.3, 0.4) is 0 Å². The monoisotopic (exact) mass is 294 g/mol. The molecule has 3 heteroatoms. The molecule has 0 saturated carbocycles. The lowest BCUT2D eigenvalue weighted by molar-refractivity contribution is 0.212. The molecule has 1 atom stereocenters. The molecule has 1 N–H and O–H groups in total. The summed E-state index contributed by atoms with van der Waals surface area (Å²) in [6, 6.07) is 8.78. The van der Waals surface area contributed by atoms with Crippen LogP contribution in [-0.4, -0.2) is 31.6 Å². The van der Waals surface area contributed by atoms with E-state index in [9.17, 15) is 0 Å². The van der Waals surface area contributed by atoms with Crippen LogP contribution in [0.2, 0.25) is 5.02 Å². The number of nitrogens with zero attached hydrogens (tertiary/aromatic N) is 1. The zero-order chi connectivity index (χ0) is 14.4. The molecule has 0 aliphatic carbocycles. The van der Waals surface area contributed by atoms with Crippen LogP contribution in [0.25, 0.3) is 0 Å². The van der Waals surface area contributed by atoms with Crippen molar-refractivity contribution in [1.29, 1.82) is 0 Å². The minimum Gasteiger partial charge on any atom is -0.310 e. The van der Waals surface area contributed by atoms with Crippen LogP contribution in [0.15, 0.2) is 24.3 Å². The zero-order valence-corrected chi connectivity index (χ0v) is 13.5. The molecule has 0 spiro atoms. The molecule has 1 unspecified atom stereocenters. The van der Waals surface area contributed by atoms with E-state index in [-0.39, 0.29) is 0 Å². The molecule has 1 aromatic rings. The number of piperidine rings is 1. The summed E-state index contributed by atoms with van der Waals surface area (Å²) >= 11 is 5.98. The Balaban J connectivity index is 1.87. The van der Waals surface area contributed by atoms with Crippen molar-refractivity contribution >= 4 is 11.6 Å². The molecule has 0 radical (unpaired) electrons. The molecular formula is C17H27ClN2. The number of likely N-dealkylation sites (tertiary alicyclic amines) is 1. The number of nitrogens with one attached hydrogen (secondary N) is 1. The van der Waals surface area contributed by atoms with Crippen molar-refractivity contribution in [3.05, 3.63) is 34.9 Å². The highest BCUT2D eigenvalue weighted by Crippen LogP contribution is 2.22. The van der Waals surface area contributed by atoms with Crippen LogP contribution < -0.4 is 5.32 Å². The van der Waals surface area contributed by atoms with Gasteiger partial charge in [-0.05, 0) is 69.6 Å². The molecule has 1 aliphatic heterocycles. The zero-order valence-electron chi connectivity index (χ0n) is 12.7. The van der Waals surface area contributed by atoms with Crippen LogP contribution in [0.4, 0.5) is 0 Å². The summed E-state index contributed by atoms with van der Waals surface area (Å²) in [5, 5.41) is 4.60. The third kappa shape index (κ3) is 4.76. The van der Waals surface area contributed by atoms with Crippen molar-refractivity contribution in [3.63, 3.8) is 0 Å². The molecule has 0 aromatic heterocycles. The van der Waals surface area contributed by atoms with E-state index in [2.05, 4.69) is 36.3 Å². The fourth-order valence-corrected chi connectivity index (χ4v) is 3.07. The largest absolute Gasteiger partial charge is 0.310 e. The summed E-state index contributed by atoms with van der Waals surface area (Å²) < 4.78 is 0. The van der Waals surface area contributed by atoms with Crippen LogP contribution in [0.5, 0.6) is 0 Å². The normalized spacial score (nSPS) is 19.1. The van der Waals surface area contributed by atoms with Crippen molar-refractivity contribution in [2.45, 2.75) is 38.6 Å². The van der Waals surface area contributed by atoms with Gasteiger partial charge in [-0.2, -0.15) is 0 Å². The van der Waals surface area contributed by atoms with Gasteiger partial charge in [0.1, 0.15) is 0 Å². The maximum Gasteiger partial charge on any atom is 0.0406 e. The number of hydrogen-bond donors (Lipinski definition) is 1. The third-order valence-corrected chi connectivity index (χ3v) is 4.59. The summed E-state index contributed by atoms with van der Waals surface area (Å²) in [4.78, 5) is 2.43. The minimum absolute atomic E-state index is 0.469. The SMILES string of the molecule is CCCC(NCC1CCN(C)CC1)c1ccc(Cl)cc1. The van der Waals surface area contributed by atoms with Crippen molar-refractivity contribution < 1.29 is 0 Å². The highest BCUT2D eigenvalue weighted by atomic mass is 35.5. The Hall–Kier alpha value is -0.570. The number of benzene rings is 1. The maximum absolute atomic E-state index is 5.98. The first-order valence-corrected chi connectivity index (χ1v) is 8.24. The van der Waals surface area contributed by atoms with E-state index in [1.165, 1.54) is 44.3 Å². The molecule has 1 aliphatic rings. The molecule has 20 heavy (non-hydrogen) atoms. The Bertz CT molecular complexity index is 382. The maximum atomic E-state index is 5.98. The Kier molecular flexibility index (Phi) is 6.34. The Labute approximate surface area is 128 Å². The molecular weight excluding hydrogens is 268 g/mol. The van der Waals surface area contributed by atoms with Gasteiger partial charge in [-0.25, -0.2) is 0 Å². The topological polar surface area (TPSA) is 15.3 Å². The van der Waals surface area contributed by atoms with E-state index in [1.54, 1.807) is 0 Å². The van der Waals surface area contributed by atoms with Gasteiger partial charge in [-0.15, -0.1) is 0 Å². The van der Waals surface area contributed by atoms with E-state index >= 15 is 0 Å². The van der Waals surface area contributed by atoms with E-state index in [1.807, 2.05) is 12.1 Å². The fourth-order valence-electron chi connectivity index (χ4n) is 2.95. The van der Waals surface area contributed by atoms with E-state index in [0.29, 0.717) is 6.04 Å². The van der Waals surface area contributed by atoms with Crippen LogP contribution in [-0.2, 0) is 0 Å². The quantitative estimate of drug-likeness (QED) is 0.849. The predicted molar refractivity (Wildman–Crippen MR) is 87.3 cm³/mol. The van der Waals surface area contributed by atoms with Crippen LogP contribution >= 0.6 is 11.6 Å². The van der Waals surface area contributed by atoms with Gasteiger partial charge < -0.3 is 10.2 Å². The van der Waals surface area contributed by atoms with E-state index in [4.69, 9.17) is 11.6 Å². The van der Waals surface area contributed by atoms with Crippen LogP contribution in [0, 0.1) is 5.92 Å². The molecule has 2 rings (SSSR count). The Morgan fingerprint density at radius 2 is 1.90 bits per heavy atom. The summed E-state index contributed by atoms with van der Waals surface area (Å²) in [6.45, 7) is 5.87. The third-order valence-electron chi connectivity index (χ3n) is 4.34. The number of hydrogen-bond acceptors (Lipinski definition) is 2. The first-order valence-electron chi connectivity index (χ1n) is 7.86. The molecule has 1 aromatic carbocycles. The lowest BCUT2D eigenvalue weighted by atomic mass is 9.95. The lowest BCUT2D eigenvalue weighted by Crippen LogP contribution is -2.36. The Morgan fingerprint density at radius 3 is 2.50 bits per heavy atom. The first-order chi connectivity index (χ1) is 9.69. The fraction of sp³-hybridized carbons (Fsp3) is 0.647. The highest BCUT2D eigenvalue weighted by molar-refractivity contribution is 6.30. The molecule has 2 nitrogen and oxygen atoms in total. The lowest BCUT2D eigenvalue weighted by Gasteiger charge is -2.30. The van der Waals surface area contributed by atoms with Crippen molar-refractivity contribution in [3.8, 4) is 0 Å². The highest BCUT2D eigenvalue weighted by Gasteiger charge is 2.18. The standard InChI is InChI=1S/C17H27ClN2/c1-3-4-17(15-5-7-16(18)8-6-15)19-13-14-9-11-20(2)12-10-14/h5-8,14,17,19H,3-4,9-13H2,1-2H3. The second-order valence-electron chi connectivity index (χ2n) is 6.05. The molecule has 0 bridgehead atoms. The average molecular weight is 295 g/mol. The molecule has 0 amide bonds. The van der Waals surface area contributed by atoms with Gasteiger partial charge in [-0.1, -0.05) is 37.1 Å². The van der Waals surface area contributed by atoms with E-state index < -0.39 is 0 Å². The Morgan fingerprint density at radius 1 is 1.25 bits per heavy atom. The molecule has 112 valence electrons. The van der Waals surface area contributed by atoms with Gasteiger partial charge >= 0.3 is 0 Å². The summed E-state index contributed by atoms with van der Waals surface area (Å²) in [6.07, 6.45) is 5.04. The molecule has 1 heterocycles. The van der Waals surface area contributed by atoms with Gasteiger partial charge in [0.15, 0.2) is 0 Å². The van der Waals surface area contributed by atoms with Crippen molar-refractivity contribution in [2.75, 3.05) is 26.7 Å². The van der Waals surface area contributed by atoms with Crippen LogP contribution in [0.1, 0.15) is 44.2 Å². The molecule has 1 fully saturated rings. The number of rotatable bonds is 6. The van der Waals surface area contributed by atoms with E-state index in [0.717, 1.165) is 17.5 Å². The first kappa shape index (κ1) is 15.8. The smallest absolute Gasteiger partial charge is 0.0406 e. The summed E-state index contributed by atoms with van der Waals surface area (Å²) in [7, 11) is 2.22. The second-order valence-corrected chi connectivity index (χ2v) is 6.48. The van der Waals surface area contributed by atoms with Crippen molar-refractivity contribution in [2.24, 2.45) is 5.92 Å². The summed E-state index contributed by atoms with van der Waals surface area (Å²) in [5.41, 5.74) is 1.36. The van der Waals surface area contributed by atoms with Gasteiger partial charge in [0, 0.05) is 11.1 Å². The number of halogens is 1. The van der Waals surface area contributed by atoms with Gasteiger partial charge in [-0.3, -0.25) is 0 Å². The van der Waals surface area contributed by atoms with Gasteiger partial charge in [0.25, 0.3) is 0 Å². The summed E-state index contributed by atoms with van der Waals surface area (Å²) in [5.74, 6) is 0.831. The van der Waals surface area contributed by atoms with Gasteiger partial charge in [0.05, 0.1) is 0 Å². The average Bonchev–Trinajstić information content (AvgIpc) is 2.46. The second kappa shape index (κ2) is 8.02. The van der Waals surface area contributed by atoms with Crippen molar-refractivity contribution in [1.82, 2.24) is 10.2 Å². The minimum atomic E-state index is 0.469. The molecule has 1 saturated heterocycles.